The number of amides is 3. The standard InChI is InChI=1S/C14H27N5O5/c1-8(16)12(21)17-7-11(20)18-9(2)13(22)19-10(14(23)24)5-3-4-6-15/h8-10H,3-7,15-16H2,1-2H3,(H,17,21)(H,18,20)(H,19,22)(H,23,24). The highest BCUT2D eigenvalue weighted by Gasteiger charge is 2.23. The lowest BCUT2D eigenvalue weighted by atomic mass is 10.1. The van der Waals surface area contributed by atoms with E-state index >= 15 is 0 Å². The molecule has 0 fully saturated rings. The number of aliphatic carboxylic acids is 1. The van der Waals surface area contributed by atoms with Crippen molar-refractivity contribution in [2.24, 2.45) is 11.5 Å². The van der Waals surface area contributed by atoms with Crippen LogP contribution in [0, 0.1) is 0 Å². The van der Waals surface area contributed by atoms with Crippen LogP contribution in [-0.4, -0.2) is 60.0 Å². The van der Waals surface area contributed by atoms with Gasteiger partial charge in [-0.2, -0.15) is 0 Å². The minimum atomic E-state index is -1.15. The number of carboxylic acids is 1. The lowest BCUT2D eigenvalue weighted by molar-refractivity contribution is -0.142. The first-order valence-electron chi connectivity index (χ1n) is 7.75. The molecular weight excluding hydrogens is 318 g/mol. The van der Waals surface area contributed by atoms with Gasteiger partial charge in [-0.05, 0) is 39.7 Å². The highest BCUT2D eigenvalue weighted by molar-refractivity contribution is 5.92. The first-order valence-corrected chi connectivity index (χ1v) is 7.75. The first kappa shape index (κ1) is 21.8. The fourth-order valence-electron chi connectivity index (χ4n) is 1.73. The van der Waals surface area contributed by atoms with E-state index in [0.717, 1.165) is 0 Å². The predicted octanol–water partition coefficient (Wildman–Crippen LogP) is -2.35. The van der Waals surface area contributed by atoms with Crippen molar-refractivity contribution in [2.45, 2.75) is 51.2 Å². The van der Waals surface area contributed by atoms with E-state index in [2.05, 4.69) is 16.0 Å². The lowest BCUT2D eigenvalue weighted by Gasteiger charge is -2.19. The monoisotopic (exact) mass is 345 g/mol. The van der Waals surface area contributed by atoms with Gasteiger partial charge in [-0.3, -0.25) is 14.4 Å². The van der Waals surface area contributed by atoms with Gasteiger partial charge in [0.2, 0.25) is 17.7 Å². The molecule has 0 spiro atoms. The van der Waals surface area contributed by atoms with Crippen molar-refractivity contribution >= 4 is 23.7 Å². The van der Waals surface area contributed by atoms with Crippen LogP contribution in [0.3, 0.4) is 0 Å². The molecule has 138 valence electrons. The molecule has 3 amide bonds. The highest BCUT2D eigenvalue weighted by Crippen LogP contribution is 2.01. The van der Waals surface area contributed by atoms with Gasteiger partial charge < -0.3 is 32.5 Å². The van der Waals surface area contributed by atoms with Crippen LogP contribution in [0.25, 0.3) is 0 Å². The van der Waals surface area contributed by atoms with Crippen LogP contribution in [-0.2, 0) is 19.2 Å². The molecule has 0 aromatic carbocycles. The van der Waals surface area contributed by atoms with E-state index in [9.17, 15) is 19.2 Å². The zero-order valence-electron chi connectivity index (χ0n) is 14.0. The number of carboxylic acid groups (broad SMARTS) is 1. The SMILES string of the molecule is CC(N)C(=O)NCC(=O)NC(C)C(=O)NC(CCCCN)C(=O)O. The zero-order valence-corrected chi connectivity index (χ0v) is 14.0. The largest absolute Gasteiger partial charge is 0.480 e. The Morgan fingerprint density at radius 2 is 1.67 bits per heavy atom. The maximum Gasteiger partial charge on any atom is 0.326 e. The van der Waals surface area contributed by atoms with Gasteiger partial charge in [-0.15, -0.1) is 0 Å². The van der Waals surface area contributed by atoms with Crippen LogP contribution < -0.4 is 27.4 Å². The second kappa shape index (κ2) is 11.4. The summed E-state index contributed by atoms with van der Waals surface area (Å²) in [4.78, 5) is 46.0. The third-order valence-electron chi connectivity index (χ3n) is 3.17. The van der Waals surface area contributed by atoms with E-state index < -0.39 is 41.8 Å². The highest BCUT2D eigenvalue weighted by atomic mass is 16.4. The van der Waals surface area contributed by atoms with Gasteiger partial charge in [-0.1, -0.05) is 0 Å². The quantitative estimate of drug-likeness (QED) is 0.227. The van der Waals surface area contributed by atoms with Crippen LogP contribution in [0.2, 0.25) is 0 Å². The average molecular weight is 345 g/mol. The van der Waals surface area contributed by atoms with Crippen molar-refractivity contribution in [2.75, 3.05) is 13.1 Å². The Morgan fingerprint density at radius 1 is 1.04 bits per heavy atom. The molecule has 0 aromatic heterocycles. The maximum atomic E-state index is 12.0. The Morgan fingerprint density at radius 3 is 2.17 bits per heavy atom. The molecule has 10 nitrogen and oxygen atoms in total. The third-order valence-corrected chi connectivity index (χ3v) is 3.17. The van der Waals surface area contributed by atoms with Gasteiger partial charge in [0.15, 0.2) is 0 Å². The molecule has 3 unspecified atom stereocenters. The smallest absolute Gasteiger partial charge is 0.326 e. The number of hydrogen-bond acceptors (Lipinski definition) is 6. The van der Waals surface area contributed by atoms with E-state index in [1.807, 2.05) is 0 Å². The van der Waals surface area contributed by atoms with E-state index in [1.165, 1.54) is 13.8 Å². The molecule has 10 heteroatoms. The molecule has 0 aliphatic rings. The minimum absolute atomic E-state index is 0.253. The van der Waals surface area contributed by atoms with Crippen LogP contribution >= 0.6 is 0 Å². The van der Waals surface area contributed by atoms with Crippen LogP contribution in [0.1, 0.15) is 33.1 Å². The Hall–Kier alpha value is -2.20. The van der Waals surface area contributed by atoms with E-state index in [0.29, 0.717) is 19.4 Å². The van der Waals surface area contributed by atoms with Crippen molar-refractivity contribution in [3.05, 3.63) is 0 Å². The normalized spacial score (nSPS) is 14.2. The van der Waals surface area contributed by atoms with Gasteiger partial charge in [-0.25, -0.2) is 4.79 Å². The summed E-state index contributed by atoms with van der Waals surface area (Å²) >= 11 is 0. The summed E-state index contributed by atoms with van der Waals surface area (Å²) in [6.07, 6.45) is 1.48. The van der Waals surface area contributed by atoms with Crippen molar-refractivity contribution in [3.63, 3.8) is 0 Å². The number of rotatable bonds is 11. The molecule has 0 aliphatic carbocycles. The van der Waals surface area contributed by atoms with E-state index in [4.69, 9.17) is 16.6 Å². The van der Waals surface area contributed by atoms with Crippen LogP contribution in [0.15, 0.2) is 0 Å². The van der Waals surface area contributed by atoms with Crippen LogP contribution in [0.5, 0.6) is 0 Å². The molecule has 0 aliphatic heterocycles. The van der Waals surface area contributed by atoms with E-state index in [1.54, 1.807) is 0 Å². The molecule has 0 saturated carbocycles. The van der Waals surface area contributed by atoms with Crippen molar-refractivity contribution in [3.8, 4) is 0 Å². The molecule has 8 N–H and O–H groups in total. The molecule has 0 heterocycles. The second-order valence-electron chi connectivity index (χ2n) is 5.48. The fraction of sp³-hybridized carbons (Fsp3) is 0.714. The summed E-state index contributed by atoms with van der Waals surface area (Å²) < 4.78 is 0. The lowest BCUT2D eigenvalue weighted by Crippen LogP contribution is -2.52. The summed E-state index contributed by atoms with van der Waals surface area (Å²) in [7, 11) is 0. The Balaban J connectivity index is 4.34. The molecule has 3 atom stereocenters. The molecule has 0 rings (SSSR count). The summed E-state index contributed by atoms with van der Waals surface area (Å²) in [5.74, 6) is -2.85. The molecule has 0 radical (unpaired) electrons. The Bertz CT molecular complexity index is 455. The molecule has 0 saturated heterocycles. The maximum absolute atomic E-state index is 12.0. The minimum Gasteiger partial charge on any atom is -0.480 e. The topological polar surface area (TPSA) is 177 Å². The van der Waals surface area contributed by atoms with Gasteiger partial charge in [0.05, 0.1) is 12.6 Å². The van der Waals surface area contributed by atoms with E-state index in [-0.39, 0.29) is 13.0 Å². The van der Waals surface area contributed by atoms with Crippen molar-refractivity contribution in [1.82, 2.24) is 16.0 Å². The van der Waals surface area contributed by atoms with Crippen LogP contribution in [0.4, 0.5) is 0 Å². The summed E-state index contributed by atoms with van der Waals surface area (Å²) in [5, 5.41) is 16.1. The van der Waals surface area contributed by atoms with Gasteiger partial charge in [0.25, 0.3) is 0 Å². The number of carbonyl (C=O) groups is 4. The van der Waals surface area contributed by atoms with Gasteiger partial charge in [0, 0.05) is 0 Å². The number of unbranched alkanes of at least 4 members (excludes halogenated alkanes) is 1. The number of nitrogens with two attached hydrogens (primary N) is 2. The molecule has 0 aromatic rings. The average Bonchev–Trinajstić information content (AvgIpc) is 2.51. The Labute approximate surface area is 140 Å². The predicted molar refractivity (Wildman–Crippen MR) is 86.7 cm³/mol. The number of carbonyl (C=O) groups excluding carboxylic acids is 3. The van der Waals surface area contributed by atoms with Crippen molar-refractivity contribution in [1.29, 1.82) is 0 Å². The zero-order chi connectivity index (χ0) is 18.7. The van der Waals surface area contributed by atoms with Gasteiger partial charge in [0.1, 0.15) is 12.1 Å². The number of hydrogen-bond donors (Lipinski definition) is 6. The van der Waals surface area contributed by atoms with Gasteiger partial charge >= 0.3 is 5.97 Å². The third kappa shape index (κ3) is 9.06. The summed E-state index contributed by atoms with van der Waals surface area (Å²) in [6.45, 7) is 3.01. The molecule has 0 bridgehead atoms. The summed E-state index contributed by atoms with van der Waals surface area (Å²) in [6, 6.07) is -2.73. The number of nitrogens with one attached hydrogen (secondary N) is 3. The second-order valence-corrected chi connectivity index (χ2v) is 5.48. The van der Waals surface area contributed by atoms with Crippen molar-refractivity contribution < 1.29 is 24.3 Å². The molecule has 24 heavy (non-hydrogen) atoms. The molecular formula is C14H27N5O5. The Kier molecular flexibility index (Phi) is 10.3. The summed E-state index contributed by atoms with van der Waals surface area (Å²) in [5.41, 5.74) is 10.7. The fourth-order valence-corrected chi connectivity index (χ4v) is 1.73. The first-order chi connectivity index (χ1) is 11.2.